The highest BCUT2D eigenvalue weighted by atomic mass is 32.1. The van der Waals surface area contributed by atoms with E-state index in [0.29, 0.717) is 43.3 Å². The number of carbonyl (C=O) groups excluding carboxylic acids is 4. The van der Waals surface area contributed by atoms with Crippen molar-refractivity contribution in [3.8, 4) is 22.0 Å². The molecule has 302 valence electrons. The van der Waals surface area contributed by atoms with Gasteiger partial charge in [0.1, 0.15) is 6.04 Å². The highest BCUT2D eigenvalue weighted by Gasteiger charge is 2.39. The number of amides is 4. The lowest BCUT2D eigenvalue weighted by Gasteiger charge is -2.42. The van der Waals surface area contributed by atoms with Crippen LogP contribution in [-0.2, 0) is 27.3 Å². The van der Waals surface area contributed by atoms with Crippen molar-refractivity contribution >= 4 is 57.0 Å². The third-order valence-corrected chi connectivity index (χ3v) is 12.7. The first kappa shape index (κ1) is 38.3. The van der Waals surface area contributed by atoms with E-state index in [1.165, 1.54) is 4.90 Å². The summed E-state index contributed by atoms with van der Waals surface area (Å²) in [4.78, 5) is 67.2. The monoisotopic (exact) mass is 812 g/mol. The van der Waals surface area contributed by atoms with Gasteiger partial charge in [-0.15, -0.1) is 10.2 Å². The van der Waals surface area contributed by atoms with Crippen LogP contribution in [0.4, 0.5) is 16.5 Å². The minimum absolute atomic E-state index is 0.0784. The molecule has 5 aromatic rings. The number of anilines is 2. The van der Waals surface area contributed by atoms with Gasteiger partial charge in [0, 0.05) is 81.8 Å². The zero-order valence-electron chi connectivity index (χ0n) is 32.9. The first-order valence-corrected chi connectivity index (χ1v) is 20.9. The molecule has 16 nitrogen and oxygen atoms in total. The van der Waals surface area contributed by atoms with E-state index < -0.39 is 11.9 Å². The molecule has 59 heavy (non-hydrogen) atoms. The van der Waals surface area contributed by atoms with Crippen molar-refractivity contribution in [3.05, 3.63) is 83.0 Å². The van der Waals surface area contributed by atoms with Crippen molar-refractivity contribution in [2.45, 2.75) is 70.6 Å². The van der Waals surface area contributed by atoms with Gasteiger partial charge in [-0.25, -0.2) is 9.36 Å². The molecule has 0 aliphatic carbocycles. The molecule has 17 heteroatoms. The second kappa shape index (κ2) is 15.8. The largest absolute Gasteiger partial charge is 0.382 e. The maximum Gasteiger partial charge on any atom is 0.255 e. The SMILES string of the molecule is [C-]#[N+]c1cnn2c(-c3cc(NC(C)C)c(-c4nnc(N5CCN(C6CCN(C(=O)Cc7ccc8c(c7)CN(C7CCC(=O)NC7=O)C8=O)CC6)CC5)s4)cn3)ccc2c1. The molecule has 0 spiro atoms. The Hall–Kier alpha value is -6.25. The number of piperidine rings is 2. The number of hydrogen-bond donors (Lipinski definition) is 2. The van der Waals surface area contributed by atoms with E-state index in [1.807, 2.05) is 47.5 Å². The van der Waals surface area contributed by atoms with Crippen LogP contribution >= 0.6 is 11.3 Å². The molecular formula is C42H44N12O4S. The van der Waals surface area contributed by atoms with E-state index in [1.54, 1.807) is 28.1 Å². The van der Waals surface area contributed by atoms with Crippen molar-refractivity contribution in [3.63, 3.8) is 0 Å². The summed E-state index contributed by atoms with van der Waals surface area (Å²) in [5.41, 5.74) is 6.93. The van der Waals surface area contributed by atoms with Crippen LogP contribution in [0.3, 0.4) is 0 Å². The van der Waals surface area contributed by atoms with Gasteiger partial charge in [0.2, 0.25) is 28.5 Å². The number of likely N-dealkylation sites (tertiary alicyclic amines) is 1. The summed E-state index contributed by atoms with van der Waals surface area (Å²) in [7, 11) is 0. The van der Waals surface area contributed by atoms with Crippen LogP contribution in [0.25, 0.3) is 32.3 Å². The molecule has 2 N–H and O–H groups in total. The Morgan fingerprint density at radius 2 is 1.78 bits per heavy atom. The van der Waals surface area contributed by atoms with Crippen molar-refractivity contribution < 1.29 is 19.2 Å². The summed E-state index contributed by atoms with van der Waals surface area (Å²) in [5.74, 6) is -0.876. The Morgan fingerprint density at radius 3 is 2.54 bits per heavy atom. The van der Waals surface area contributed by atoms with Gasteiger partial charge in [0.25, 0.3) is 5.91 Å². The number of benzene rings is 1. The number of piperazine rings is 1. The molecule has 9 rings (SSSR count). The van der Waals surface area contributed by atoms with Gasteiger partial charge < -0.3 is 20.0 Å². The Kier molecular flexibility index (Phi) is 10.3. The summed E-state index contributed by atoms with van der Waals surface area (Å²) in [6.07, 6.45) is 6.03. The number of nitrogens with zero attached hydrogens (tertiary/aromatic N) is 10. The number of pyridine rings is 1. The van der Waals surface area contributed by atoms with Crippen molar-refractivity contribution in [2.75, 3.05) is 49.5 Å². The van der Waals surface area contributed by atoms with Gasteiger partial charge in [-0.3, -0.25) is 34.4 Å². The molecular weight excluding hydrogens is 769 g/mol. The van der Waals surface area contributed by atoms with Crippen LogP contribution in [0.1, 0.15) is 61.0 Å². The number of aromatic nitrogens is 5. The molecule has 1 aromatic carbocycles. The van der Waals surface area contributed by atoms with Gasteiger partial charge in [0.15, 0.2) is 5.01 Å². The maximum absolute atomic E-state index is 13.4. The molecule has 0 saturated carbocycles. The number of hydrogen-bond acceptors (Lipinski definition) is 12. The smallest absolute Gasteiger partial charge is 0.255 e. The van der Waals surface area contributed by atoms with Crippen LogP contribution in [0.5, 0.6) is 0 Å². The number of fused-ring (bicyclic) bond motifs is 2. The molecule has 0 radical (unpaired) electrons. The number of nitrogens with one attached hydrogen (secondary N) is 2. The minimum atomic E-state index is -0.660. The zero-order chi connectivity index (χ0) is 40.8. The quantitative estimate of drug-likeness (QED) is 0.160. The second-order valence-corrected chi connectivity index (χ2v) is 16.8. The van der Waals surface area contributed by atoms with Gasteiger partial charge in [0.05, 0.1) is 41.7 Å². The molecule has 3 fully saturated rings. The Bertz CT molecular complexity index is 2510. The topological polar surface area (TPSA) is 166 Å². The molecule has 0 bridgehead atoms. The zero-order valence-corrected chi connectivity index (χ0v) is 33.7. The summed E-state index contributed by atoms with van der Waals surface area (Å²) in [5, 5.41) is 21.3. The van der Waals surface area contributed by atoms with Crippen LogP contribution in [0.15, 0.2) is 54.9 Å². The fourth-order valence-corrected chi connectivity index (χ4v) is 9.60. The fourth-order valence-electron chi connectivity index (χ4n) is 8.67. The van der Waals surface area contributed by atoms with E-state index in [4.69, 9.17) is 11.6 Å². The molecule has 8 heterocycles. The van der Waals surface area contributed by atoms with Crippen LogP contribution in [-0.4, -0.2) is 121 Å². The van der Waals surface area contributed by atoms with Gasteiger partial charge in [-0.05, 0) is 74.6 Å². The summed E-state index contributed by atoms with van der Waals surface area (Å²) in [6.45, 7) is 16.7. The predicted molar refractivity (Wildman–Crippen MR) is 222 cm³/mol. The van der Waals surface area contributed by atoms with Crippen molar-refractivity contribution in [1.82, 2.24) is 44.8 Å². The van der Waals surface area contributed by atoms with E-state index in [9.17, 15) is 19.2 Å². The lowest BCUT2D eigenvalue weighted by Crippen LogP contribution is -2.54. The van der Waals surface area contributed by atoms with E-state index in [2.05, 4.69) is 54.4 Å². The molecule has 1 unspecified atom stereocenters. The second-order valence-electron chi connectivity index (χ2n) is 15.9. The number of imide groups is 1. The maximum atomic E-state index is 13.4. The fraction of sp³-hybridized carbons (Fsp3) is 0.405. The average molecular weight is 813 g/mol. The van der Waals surface area contributed by atoms with Crippen molar-refractivity contribution in [1.29, 1.82) is 0 Å². The third kappa shape index (κ3) is 7.61. The van der Waals surface area contributed by atoms with E-state index in [0.717, 1.165) is 88.4 Å². The highest BCUT2D eigenvalue weighted by molar-refractivity contribution is 7.18. The summed E-state index contributed by atoms with van der Waals surface area (Å²) < 4.78 is 1.80. The molecule has 3 saturated heterocycles. The van der Waals surface area contributed by atoms with Crippen LogP contribution < -0.4 is 15.5 Å². The minimum Gasteiger partial charge on any atom is -0.382 e. The normalized spacial score (nSPS) is 19.1. The van der Waals surface area contributed by atoms with Gasteiger partial charge in [-0.1, -0.05) is 23.5 Å². The molecule has 4 amide bonds. The predicted octanol–water partition coefficient (Wildman–Crippen LogP) is 4.40. The number of carbonyl (C=O) groups is 4. The standard InChI is InChI=1S/C42H44N12O4S/c1-25(2)46-33-21-34(35-7-5-30-20-28(43-3)22-45-54(30)35)44-23-32(33)40-48-49-42(59-40)52-16-14-50(15-17-52)29-10-12-51(13-11-29)38(56)19-26-4-6-31-27(18-26)24-53(41(31)58)36-8-9-37(55)47-39(36)57/h4-7,18,20-23,25,29,36H,8-17,19,24H2,1-2H3,(H,44,46)(H,47,55,57). The molecule has 1 atom stereocenters. The summed E-state index contributed by atoms with van der Waals surface area (Å²) >= 11 is 1.57. The van der Waals surface area contributed by atoms with Gasteiger partial charge in [-0.2, -0.15) is 5.10 Å². The van der Waals surface area contributed by atoms with Crippen LogP contribution in [0, 0.1) is 6.57 Å². The van der Waals surface area contributed by atoms with Crippen LogP contribution in [0.2, 0.25) is 0 Å². The summed E-state index contributed by atoms with van der Waals surface area (Å²) in [6, 6.07) is 13.2. The first-order valence-electron chi connectivity index (χ1n) is 20.1. The van der Waals surface area contributed by atoms with Crippen molar-refractivity contribution in [2.24, 2.45) is 0 Å². The van der Waals surface area contributed by atoms with E-state index in [-0.39, 0.29) is 36.6 Å². The lowest BCUT2D eigenvalue weighted by atomic mass is 10.0. The Balaban J connectivity index is 0.780. The van der Waals surface area contributed by atoms with Gasteiger partial charge >= 0.3 is 0 Å². The Morgan fingerprint density at radius 1 is 0.966 bits per heavy atom. The van der Waals surface area contributed by atoms with E-state index >= 15 is 0 Å². The third-order valence-electron chi connectivity index (χ3n) is 11.7. The highest BCUT2D eigenvalue weighted by Crippen LogP contribution is 2.37. The average Bonchev–Trinajstić information content (AvgIpc) is 3.98. The Labute approximate surface area is 345 Å². The molecule has 4 aliphatic heterocycles. The lowest BCUT2D eigenvalue weighted by molar-refractivity contribution is -0.137. The first-order chi connectivity index (χ1) is 28.6. The molecule has 4 aliphatic rings. The number of rotatable bonds is 9. The molecule has 4 aromatic heterocycles.